The van der Waals surface area contributed by atoms with E-state index in [9.17, 15) is 9.18 Å². The number of rotatable bonds is 1. The summed E-state index contributed by atoms with van der Waals surface area (Å²) >= 11 is 0. The van der Waals surface area contributed by atoms with Crippen molar-refractivity contribution in [2.75, 3.05) is 65.4 Å². The standard InChI is InChI=1S/C10H17N3O.C8H15FN2.2C2H6/c1-2-10(14)13-6-5-12-4-3-11-7-9(12)8-13;9-7-1-3-11-4-2-10-6-8(11)5-7;2*1-2/h2,9,11H,1,3-8H2;7-8,10H,1-6H2;2*1-2H3. The number of halogens is 1. The molecule has 4 rings (SSSR count). The van der Waals surface area contributed by atoms with Crippen LogP contribution in [0.1, 0.15) is 40.5 Å². The van der Waals surface area contributed by atoms with Crippen molar-refractivity contribution >= 4 is 5.91 Å². The highest BCUT2D eigenvalue weighted by Crippen LogP contribution is 2.20. The topological polar surface area (TPSA) is 50.9 Å². The van der Waals surface area contributed by atoms with E-state index in [1.807, 2.05) is 32.6 Å². The molecule has 170 valence electrons. The molecule has 3 atom stereocenters. The molecule has 4 aliphatic heterocycles. The van der Waals surface area contributed by atoms with Crippen LogP contribution < -0.4 is 10.6 Å². The number of alkyl halides is 1. The van der Waals surface area contributed by atoms with Crippen molar-refractivity contribution in [3.8, 4) is 0 Å². The third-order valence-corrected chi connectivity index (χ3v) is 5.78. The number of nitrogens with zero attached hydrogens (tertiary/aromatic N) is 3. The number of amides is 1. The third-order valence-electron chi connectivity index (χ3n) is 5.78. The zero-order valence-corrected chi connectivity index (χ0v) is 19.1. The maximum atomic E-state index is 12.9. The number of piperazine rings is 3. The first-order valence-electron chi connectivity index (χ1n) is 11.6. The maximum Gasteiger partial charge on any atom is 0.246 e. The SMILES string of the molecule is C=CC(=O)N1CCN2CCNCC2C1.CC.CC.FC1CCN2CCNCC2C1. The van der Waals surface area contributed by atoms with Crippen molar-refractivity contribution in [2.24, 2.45) is 0 Å². The van der Waals surface area contributed by atoms with E-state index in [0.29, 0.717) is 12.1 Å². The summed E-state index contributed by atoms with van der Waals surface area (Å²) in [6, 6.07) is 0.980. The first-order chi connectivity index (χ1) is 14.2. The minimum absolute atomic E-state index is 0.0650. The van der Waals surface area contributed by atoms with Gasteiger partial charge in [-0.2, -0.15) is 0 Å². The van der Waals surface area contributed by atoms with E-state index < -0.39 is 6.17 Å². The zero-order valence-electron chi connectivity index (χ0n) is 19.1. The van der Waals surface area contributed by atoms with Crippen LogP contribution in [0, 0.1) is 0 Å². The van der Waals surface area contributed by atoms with Gasteiger partial charge in [-0.05, 0) is 18.9 Å². The molecule has 4 aliphatic rings. The molecule has 0 spiro atoms. The Labute approximate surface area is 177 Å². The highest BCUT2D eigenvalue weighted by Gasteiger charge is 2.30. The van der Waals surface area contributed by atoms with Crippen LogP contribution in [0.5, 0.6) is 0 Å². The molecule has 29 heavy (non-hydrogen) atoms. The van der Waals surface area contributed by atoms with Gasteiger partial charge >= 0.3 is 0 Å². The van der Waals surface area contributed by atoms with Crippen LogP contribution in [0.2, 0.25) is 0 Å². The van der Waals surface area contributed by atoms with E-state index in [4.69, 9.17) is 0 Å². The molecule has 0 radical (unpaired) electrons. The molecule has 0 aromatic heterocycles. The van der Waals surface area contributed by atoms with Gasteiger partial charge in [-0.15, -0.1) is 0 Å². The second-order valence-corrected chi connectivity index (χ2v) is 7.40. The van der Waals surface area contributed by atoms with Gasteiger partial charge in [0.2, 0.25) is 5.91 Å². The van der Waals surface area contributed by atoms with Gasteiger partial charge in [-0.1, -0.05) is 34.3 Å². The Hall–Kier alpha value is -1.02. The van der Waals surface area contributed by atoms with E-state index in [1.54, 1.807) is 0 Å². The summed E-state index contributed by atoms with van der Waals surface area (Å²) in [6.45, 7) is 21.5. The van der Waals surface area contributed by atoms with Crippen molar-refractivity contribution in [3.05, 3.63) is 12.7 Å². The predicted molar refractivity (Wildman–Crippen MR) is 120 cm³/mol. The van der Waals surface area contributed by atoms with Gasteiger partial charge in [-0.25, -0.2) is 4.39 Å². The summed E-state index contributed by atoms with van der Waals surface area (Å²) in [6.07, 6.45) is 2.35. The van der Waals surface area contributed by atoms with E-state index in [-0.39, 0.29) is 5.91 Å². The molecule has 4 heterocycles. The first kappa shape index (κ1) is 26.0. The number of piperidine rings is 1. The Bertz CT molecular complexity index is 464. The van der Waals surface area contributed by atoms with Gasteiger partial charge in [0, 0.05) is 77.5 Å². The molecule has 7 heteroatoms. The molecular weight excluding hydrogens is 369 g/mol. The Morgan fingerprint density at radius 1 is 0.931 bits per heavy atom. The normalized spacial score (nSPS) is 29.3. The summed E-state index contributed by atoms with van der Waals surface area (Å²) in [7, 11) is 0. The van der Waals surface area contributed by atoms with E-state index in [2.05, 4.69) is 27.0 Å². The fourth-order valence-electron chi connectivity index (χ4n) is 4.25. The second-order valence-electron chi connectivity index (χ2n) is 7.40. The molecule has 6 nitrogen and oxygen atoms in total. The lowest BCUT2D eigenvalue weighted by atomic mass is 9.99. The molecule has 3 unspecified atom stereocenters. The van der Waals surface area contributed by atoms with Gasteiger partial charge in [0.1, 0.15) is 6.17 Å². The van der Waals surface area contributed by atoms with E-state index >= 15 is 0 Å². The van der Waals surface area contributed by atoms with Crippen molar-refractivity contribution in [2.45, 2.75) is 58.8 Å². The molecule has 0 aromatic carbocycles. The molecule has 4 saturated heterocycles. The van der Waals surface area contributed by atoms with Crippen molar-refractivity contribution in [1.29, 1.82) is 0 Å². The van der Waals surface area contributed by atoms with Crippen LogP contribution in [0.3, 0.4) is 0 Å². The first-order valence-corrected chi connectivity index (χ1v) is 11.6. The molecule has 0 aliphatic carbocycles. The number of hydrogen-bond donors (Lipinski definition) is 2. The summed E-state index contributed by atoms with van der Waals surface area (Å²) in [5, 5.41) is 6.65. The van der Waals surface area contributed by atoms with Crippen LogP contribution in [0.4, 0.5) is 4.39 Å². The lowest BCUT2D eigenvalue weighted by molar-refractivity contribution is -0.129. The molecule has 4 fully saturated rings. The fourth-order valence-corrected chi connectivity index (χ4v) is 4.25. The van der Waals surface area contributed by atoms with Crippen LogP contribution in [-0.4, -0.2) is 104 Å². The second kappa shape index (κ2) is 14.9. The smallest absolute Gasteiger partial charge is 0.246 e. The van der Waals surface area contributed by atoms with Crippen molar-refractivity contribution in [1.82, 2.24) is 25.3 Å². The Morgan fingerprint density at radius 3 is 2.14 bits per heavy atom. The van der Waals surface area contributed by atoms with E-state index in [1.165, 1.54) is 6.08 Å². The Balaban J connectivity index is 0.000000252. The predicted octanol–water partition coefficient (Wildman–Crippen LogP) is 1.73. The number of carbonyl (C=O) groups excluding carboxylic acids is 1. The van der Waals surface area contributed by atoms with Crippen molar-refractivity contribution < 1.29 is 9.18 Å². The highest BCUT2D eigenvalue weighted by atomic mass is 19.1. The minimum Gasteiger partial charge on any atom is -0.336 e. The molecule has 0 bridgehead atoms. The number of fused-ring (bicyclic) bond motifs is 2. The maximum absolute atomic E-state index is 12.9. The van der Waals surface area contributed by atoms with Gasteiger partial charge in [-0.3, -0.25) is 14.6 Å². The molecule has 0 aromatic rings. The summed E-state index contributed by atoms with van der Waals surface area (Å²) < 4.78 is 12.9. The van der Waals surface area contributed by atoms with Gasteiger partial charge in [0.25, 0.3) is 0 Å². The van der Waals surface area contributed by atoms with Crippen molar-refractivity contribution in [3.63, 3.8) is 0 Å². The monoisotopic (exact) mass is 413 g/mol. The summed E-state index contributed by atoms with van der Waals surface area (Å²) in [5.74, 6) is 0.0650. The molecule has 1 amide bonds. The van der Waals surface area contributed by atoms with Crippen LogP contribution in [0.25, 0.3) is 0 Å². The lowest BCUT2D eigenvalue weighted by Crippen LogP contribution is -2.61. The lowest BCUT2D eigenvalue weighted by Gasteiger charge is -2.43. The average molecular weight is 414 g/mol. The fraction of sp³-hybridized carbons (Fsp3) is 0.864. The highest BCUT2D eigenvalue weighted by molar-refractivity contribution is 5.87. The van der Waals surface area contributed by atoms with Crippen LogP contribution in [-0.2, 0) is 4.79 Å². The summed E-state index contributed by atoms with van der Waals surface area (Å²) in [4.78, 5) is 18.2. The van der Waals surface area contributed by atoms with Gasteiger partial charge in [0.15, 0.2) is 0 Å². The Morgan fingerprint density at radius 2 is 1.52 bits per heavy atom. The van der Waals surface area contributed by atoms with E-state index in [0.717, 1.165) is 78.3 Å². The minimum atomic E-state index is -0.545. The van der Waals surface area contributed by atoms with Gasteiger partial charge in [0.05, 0.1) is 0 Å². The van der Waals surface area contributed by atoms with Crippen LogP contribution >= 0.6 is 0 Å². The number of carbonyl (C=O) groups is 1. The molecular formula is C22H44FN5O. The molecule has 0 saturated carbocycles. The quantitative estimate of drug-likeness (QED) is 0.642. The van der Waals surface area contributed by atoms with Gasteiger partial charge < -0.3 is 15.5 Å². The Kier molecular flexibility index (Phi) is 13.4. The van der Waals surface area contributed by atoms with Crippen LogP contribution in [0.15, 0.2) is 12.7 Å². The summed E-state index contributed by atoms with van der Waals surface area (Å²) in [5.41, 5.74) is 0. The average Bonchev–Trinajstić information content (AvgIpc) is 2.81. The zero-order chi connectivity index (χ0) is 21.6. The molecule has 2 N–H and O–H groups in total. The third kappa shape index (κ3) is 8.32. The largest absolute Gasteiger partial charge is 0.336 e. The number of hydrogen-bond acceptors (Lipinski definition) is 5. The number of nitrogens with one attached hydrogen (secondary N) is 2.